The molecule has 2 heterocycles. The zero-order chi connectivity index (χ0) is 24.4. The van der Waals surface area contributed by atoms with Crippen molar-refractivity contribution in [3.05, 3.63) is 95.0 Å². The molecule has 0 amide bonds. The molecule has 10 heteroatoms. The summed E-state index contributed by atoms with van der Waals surface area (Å²) in [7, 11) is 1.57. The van der Waals surface area contributed by atoms with E-state index in [4.69, 9.17) is 14.5 Å². The van der Waals surface area contributed by atoms with Gasteiger partial charge in [-0.25, -0.2) is 9.79 Å². The zero-order valence-corrected chi connectivity index (χ0v) is 19.5. The lowest BCUT2D eigenvalue weighted by Gasteiger charge is -2.22. The van der Waals surface area contributed by atoms with E-state index in [2.05, 4.69) is 0 Å². The maximum atomic E-state index is 13.2. The van der Waals surface area contributed by atoms with Crippen molar-refractivity contribution in [2.45, 2.75) is 19.9 Å². The fourth-order valence-corrected chi connectivity index (χ4v) is 4.76. The number of ether oxygens (including phenoxy) is 2. The molecule has 0 fully saturated rings. The van der Waals surface area contributed by atoms with E-state index in [0.717, 1.165) is 16.9 Å². The molecular formula is C24H21N3O6S. The SMILES string of the molecule is CCOC(=O)C1=C(C)n2c(s/c(=C\c3cccc([N+](=O)[O-])c3)c2=O)=N[C@@H]1c1ccc(OC)cc1. The van der Waals surface area contributed by atoms with Crippen LogP contribution >= 0.6 is 11.3 Å². The molecule has 1 aliphatic heterocycles. The summed E-state index contributed by atoms with van der Waals surface area (Å²) in [6, 6.07) is 12.6. The summed E-state index contributed by atoms with van der Waals surface area (Å²) in [5, 5.41) is 11.1. The van der Waals surface area contributed by atoms with Crippen molar-refractivity contribution in [2.75, 3.05) is 13.7 Å². The maximum Gasteiger partial charge on any atom is 0.338 e. The van der Waals surface area contributed by atoms with E-state index in [0.29, 0.717) is 26.3 Å². The standard InChI is InChI=1S/C24H21N3O6S/c1-4-33-23(29)20-14(2)26-22(28)19(13-15-6-5-7-17(12-15)27(30)31)34-24(26)25-21(20)16-8-10-18(32-3)11-9-16/h5-13,21H,4H2,1-3H3/b19-13-/t21-/m1/s1. The first-order chi connectivity index (χ1) is 16.3. The molecule has 34 heavy (non-hydrogen) atoms. The molecule has 9 nitrogen and oxygen atoms in total. The normalized spacial score (nSPS) is 15.5. The molecule has 0 N–H and O–H groups in total. The van der Waals surface area contributed by atoms with E-state index in [1.54, 1.807) is 51.3 Å². The van der Waals surface area contributed by atoms with Gasteiger partial charge in [0.25, 0.3) is 11.2 Å². The predicted molar refractivity (Wildman–Crippen MR) is 127 cm³/mol. The van der Waals surface area contributed by atoms with Crippen LogP contribution in [-0.4, -0.2) is 29.2 Å². The molecule has 0 saturated heterocycles. The minimum Gasteiger partial charge on any atom is -0.497 e. The van der Waals surface area contributed by atoms with Gasteiger partial charge in [-0.05, 0) is 43.2 Å². The summed E-state index contributed by atoms with van der Waals surface area (Å²) in [6.07, 6.45) is 1.58. The Morgan fingerprint density at radius 2 is 2.00 bits per heavy atom. The van der Waals surface area contributed by atoms with Crippen LogP contribution in [0.15, 0.2) is 63.9 Å². The summed E-state index contributed by atoms with van der Waals surface area (Å²) in [5.74, 6) is 0.123. The van der Waals surface area contributed by atoms with E-state index in [1.165, 1.54) is 16.7 Å². The molecular weight excluding hydrogens is 458 g/mol. The number of methoxy groups -OCH3 is 1. The van der Waals surface area contributed by atoms with Crippen molar-refractivity contribution in [1.29, 1.82) is 0 Å². The van der Waals surface area contributed by atoms with Gasteiger partial charge in [-0.3, -0.25) is 19.5 Å². The Morgan fingerprint density at radius 1 is 1.26 bits per heavy atom. The number of nitrogens with zero attached hydrogens (tertiary/aromatic N) is 3. The summed E-state index contributed by atoms with van der Waals surface area (Å²) < 4.78 is 12.2. The quantitative estimate of drug-likeness (QED) is 0.305. The van der Waals surface area contributed by atoms with Gasteiger partial charge in [0.05, 0.1) is 28.7 Å². The Labute approximate surface area is 198 Å². The molecule has 3 aromatic rings. The number of non-ortho nitro benzene ring substituents is 1. The summed E-state index contributed by atoms with van der Waals surface area (Å²) in [6.45, 7) is 3.58. The highest BCUT2D eigenvalue weighted by Gasteiger charge is 2.31. The van der Waals surface area contributed by atoms with Gasteiger partial charge in [0.1, 0.15) is 11.8 Å². The highest BCUT2D eigenvalue weighted by molar-refractivity contribution is 7.07. The van der Waals surface area contributed by atoms with Gasteiger partial charge in [0.15, 0.2) is 4.80 Å². The molecule has 1 aliphatic rings. The molecule has 174 valence electrons. The number of nitro groups is 1. The number of aromatic nitrogens is 1. The number of fused-ring (bicyclic) bond motifs is 1. The van der Waals surface area contributed by atoms with Gasteiger partial charge in [-0.2, -0.15) is 0 Å². The van der Waals surface area contributed by atoms with Crippen LogP contribution in [-0.2, 0) is 9.53 Å². The highest BCUT2D eigenvalue weighted by atomic mass is 32.1. The first-order valence-corrected chi connectivity index (χ1v) is 11.2. The number of rotatable bonds is 6. The second kappa shape index (κ2) is 9.44. The number of carbonyl (C=O) groups excluding carboxylic acids is 1. The van der Waals surface area contributed by atoms with Gasteiger partial charge < -0.3 is 9.47 Å². The predicted octanol–water partition coefficient (Wildman–Crippen LogP) is 2.82. The number of hydrogen-bond donors (Lipinski definition) is 0. The number of carbonyl (C=O) groups is 1. The number of esters is 1. The van der Waals surface area contributed by atoms with Crippen LogP contribution in [0.2, 0.25) is 0 Å². The Balaban J connectivity index is 1.91. The highest BCUT2D eigenvalue weighted by Crippen LogP contribution is 2.33. The second-order valence-corrected chi connectivity index (χ2v) is 8.42. The third-order valence-corrected chi connectivity index (χ3v) is 6.33. The lowest BCUT2D eigenvalue weighted by molar-refractivity contribution is -0.384. The first-order valence-electron chi connectivity index (χ1n) is 10.4. The lowest BCUT2D eigenvalue weighted by Crippen LogP contribution is -2.35. The fraction of sp³-hybridized carbons (Fsp3) is 0.208. The largest absolute Gasteiger partial charge is 0.497 e. The molecule has 4 rings (SSSR count). The van der Waals surface area contributed by atoms with E-state index in [1.807, 2.05) is 12.1 Å². The molecule has 1 atom stereocenters. The van der Waals surface area contributed by atoms with Gasteiger partial charge in [-0.15, -0.1) is 0 Å². The first kappa shape index (κ1) is 23.1. The summed E-state index contributed by atoms with van der Waals surface area (Å²) >= 11 is 1.16. The minimum atomic E-state index is -0.659. The number of nitro benzene ring substituents is 1. The third-order valence-electron chi connectivity index (χ3n) is 5.35. The molecule has 2 aromatic carbocycles. The van der Waals surface area contributed by atoms with Crippen molar-refractivity contribution in [1.82, 2.24) is 4.57 Å². The lowest BCUT2D eigenvalue weighted by atomic mass is 9.96. The van der Waals surface area contributed by atoms with E-state index < -0.39 is 16.9 Å². The zero-order valence-electron chi connectivity index (χ0n) is 18.7. The number of benzene rings is 2. The van der Waals surface area contributed by atoms with Gasteiger partial charge in [0, 0.05) is 17.8 Å². The van der Waals surface area contributed by atoms with Crippen LogP contribution < -0.4 is 19.6 Å². The molecule has 0 radical (unpaired) electrons. The van der Waals surface area contributed by atoms with Crippen LogP contribution in [0.5, 0.6) is 5.75 Å². The third kappa shape index (κ3) is 4.27. The van der Waals surface area contributed by atoms with Crippen LogP contribution in [0, 0.1) is 10.1 Å². The molecule has 0 spiro atoms. The number of hydrogen-bond acceptors (Lipinski definition) is 8. The molecule has 0 saturated carbocycles. The van der Waals surface area contributed by atoms with E-state index in [-0.39, 0.29) is 23.4 Å². The number of thiazole rings is 1. The van der Waals surface area contributed by atoms with Crippen molar-refractivity contribution >= 4 is 34.8 Å². The average molecular weight is 480 g/mol. The minimum absolute atomic E-state index is 0.0693. The maximum absolute atomic E-state index is 13.2. The van der Waals surface area contributed by atoms with Crippen LogP contribution in [0.3, 0.4) is 0 Å². The van der Waals surface area contributed by atoms with E-state index in [9.17, 15) is 19.7 Å². The van der Waals surface area contributed by atoms with Crippen LogP contribution in [0.25, 0.3) is 11.8 Å². The smallest absolute Gasteiger partial charge is 0.338 e. The van der Waals surface area contributed by atoms with Crippen molar-refractivity contribution < 1.29 is 19.2 Å². The van der Waals surface area contributed by atoms with Crippen molar-refractivity contribution in [2.24, 2.45) is 4.99 Å². The summed E-state index contributed by atoms with van der Waals surface area (Å²) in [4.78, 5) is 41.9. The molecule has 0 unspecified atom stereocenters. The topological polar surface area (TPSA) is 113 Å². The Kier molecular flexibility index (Phi) is 6.42. The Morgan fingerprint density at radius 3 is 2.65 bits per heavy atom. The summed E-state index contributed by atoms with van der Waals surface area (Å²) in [5.41, 5.74) is 1.55. The Hall–Kier alpha value is -4.05. The molecule has 1 aromatic heterocycles. The Bertz CT molecular complexity index is 1480. The fourth-order valence-electron chi connectivity index (χ4n) is 3.72. The molecule has 0 bridgehead atoms. The van der Waals surface area contributed by atoms with Gasteiger partial charge in [0.2, 0.25) is 0 Å². The van der Waals surface area contributed by atoms with Gasteiger partial charge >= 0.3 is 5.97 Å². The van der Waals surface area contributed by atoms with Gasteiger partial charge in [-0.1, -0.05) is 35.6 Å². The van der Waals surface area contributed by atoms with Crippen molar-refractivity contribution in [3.63, 3.8) is 0 Å². The molecule has 0 aliphatic carbocycles. The van der Waals surface area contributed by atoms with Crippen molar-refractivity contribution in [3.8, 4) is 5.75 Å². The van der Waals surface area contributed by atoms with Crippen LogP contribution in [0.4, 0.5) is 5.69 Å². The van der Waals surface area contributed by atoms with Crippen LogP contribution in [0.1, 0.15) is 31.0 Å². The van der Waals surface area contributed by atoms with E-state index >= 15 is 0 Å². The second-order valence-electron chi connectivity index (χ2n) is 7.41. The number of allylic oxidation sites excluding steroid dienone is 1. The average Bonchev–Trinajstić information content (AvgIpc) is 3.14. The monoisotopic (exact) mass is 479 g/mol.